The number of urea groups is 1. The first-order chi connectivity index (χ1) is 10.1. The Labute approximate surface area is 127 Å². The molecule has 1 aliphatic heterocycles. The molecule has 2 fully saturated rings. The molecular weight excluding hydrogens is 268 g/mol. The lowest BCUT2D eigenvalue weighted by Crippen LogP contribution is -2.49. The van der Waals surface area contributed by atoms with Crippen molar-refractivity contribution < 1.29 is 14.7 Å². The molecule has 120 valence electrons. The molecule has 0 aromatic rings. The standard InChI is InChI=1S/C16H28N2O3/c1-2-6-13(11-15(19)20)17-16(21)18-10-5-9-14(18)12-7-3-4-8-12/h12-14H,2-11H2,1H3,(H,17,21)(H,19,20). The van der Waals surface area contributed by atoms with E-state index >= 15 is 0 Å². The summed E-state index contributed by atoms with van der Waals surface area (Å²) in [6.07, 6.45) is 8.85. The monoisotopic (exact) mass is 296 g/mol. The number of likely N-dealkylation sites (tertiary alicyclic amines) is 1. The van der Waals surface area contributed by atoms with E-state index in [1.54, 1.807) is 0 Å². The average molecular weight is 296 g/mol. The molecule has 2 atom stereocenters. The van der Waals surface area contributed by atoms with Crippen molar-refractivity contribution in [3.63, 3.8) is 0 Å². The smallest absolute Gasteiger partial charge is 0.317 e. The first-order valence-electron chi connectivity index (χ1n) is 8.40. The van der Waals surface area contributed by atoms with Crippen LogP contribution >= 0.6 is 0 Å². The molecule has 1 heterocycles. The van der Waals surface area contributed by atoms with Gasteiger partial charge in [-0.15, -0.1) is 0 Å². The number of carboxylic acids is 1. The third kappa shape index (κ3) is 4.35. The SMILES string of the molecule is CCCC(CC(=O)O)NC(=O)N1CCCC1C1CCCC1. The quantitative estimate of drug-likeness (QED) is 0.791. The van der Waals surface area contributed by atoms with Crippen molar-refractivity contribution in [2.45, 2.75) is 76.8 Å². The Morgan fingerprint density at radius 2 is 1.95 bits per heavy atom. The number of nitrogens with one attached hydrogen (secondary N) is 1. The first kappa shape index (κ1) is 16.1. The van der Waals surface area contributed by atoms with Crippen LogP contribution in [0, 0.1) is 5.92 Å². The number of amides is 2. The highest BCUT2D eigenvalue weighted by atomic mass is 16.4. The molecule has 2 unspecified atom stereocenters. The van der Waals surface area contributed by atoms with E-state index in [1.807, 2.05) is 11.8 Å². The Bertz CT molecular complexity index is 367. The number of hydrogen-bond donors (Lipinski definition) is 2. The van der Waals surface area contributed by atoms with Crippen LogP contribution in [0.2, 0.25) is 0 Å². The number of hydrogen-bond acceptors (Lipinski definition) is 2. The maximum absolute atomic E-state index is 12.5. The van der Waals surface area contributed by atoms with Crippen molar-refractivity contribution in [2.24, 2.45) is 5.92 Å². The molecule has 2 rings (SSSR count). The zero-order valence-electron chi connectivity index (χ0n) is 13.0. The highest BCUT2D eigenvalue weighted by Gasteiger charge is 2.36. The first-order valence-corrected chi connectivity index (χ1v) is 8.40. The summed E-state index contributed by atoms with van der Waals surface area (Å²) in [5.74, 6) is -0.190. The molecule has 0 aromatic carbocycles. The highest BCUT2D eigenvalue weighted by molar-refractivity contribution is 5.76. The molecule has 0 bridgehead atoms. The molecule has 5 nitrogen and oxygen atoms in total. The van der Waals surface area contributed by atoms with Crippen LogP contribution in [0.3, 0.4) is 0 Å². The lowest BCUT2D eigenvalue weighted by molar-refractivity contribution is -0.137. The van der Waals surface area contributed by atoms with Gasteiger partial charge in [-0.3, -0.25) is 4.79 Å². The van der Waals surface area contributed by atoms with E-state index in [4.69, 9.17) is 5.11 Å². The summed E-state index contributed by atoms with van der Waals surface area (Å²) in [5, 5.41) is 11.9. The second-order valence-electron chi connectivity index (χ2n) is 6.48. The molecule has 1 aliphatic carbocycles. The minimum atomic E-state index is -0.845. The van der Waals surface area contributed by atoms with E-state index in [0.717, 1.165) is 32.2 Å². The second kappa shape index (κ2) is 7.66. The number of carboxylic acid groups (broad SMARTS) is 1. The lowest BCUT2D eigenvalue weighted by Gasteiger charge is -2.31. The van der Waals surface area contributed by atoms with Crippen LogP contribution in [0.1, 0.15) is 64.7 Å². The van der Waals surface area contributed by atoms with Crippen LogP contribution in [0.5, 0.6) is 0 Å². The van der Waals surface area contributed by atoms with Crippen LogP contribution in [0.15, 0.2) is 0 Å². The second-order valence-corrected chi connectivity index (χ2v) is 6.48. The Morgan fingerprint density at radius 1 is 1.24 bits per heavy atom. The van der Waals surface area contributed by atoms with Crippen LogP contribution < -0.4 is 5.32 Å². The molecule has 21 heavy (non-hydrogen) atoms. The average Bonchev–Trinajstić information content (AvgIpc) is 3.09. The van der Waals surface area contributed by atoms with Gasteiger partial charge in [0.15, 0.2) is 0 Å². The fourth-order valence-corrected chi connectivity index (χ4v) is 3.92. The van der Waals surface area contributed by atoms with Crippen LogP contribution in [-0.2, 0) is 4.79 Å². The van der Waals surface area contributed by atoms with Gasteiger partial charge in [0.1, 0.15) is 0 Å². The Hall–Kier alpha value is -1.26. The number of aliphatic carboxylic acids is 1. The molecule has 0 radical (unpaired) electrons. The summed E-state index contributed by atoms with van der Waals surface area (Å²) in [6, 6.07) is 0.0773. The number of carbonyl (C=O) groups is 2. The predicted molar refractivity (Wildman–Crippen MR) is 81.2 cm³/mol. The van der Waals surface area contributed by atoms with Crippen LogP contribution in [0.25, 0.3) is 0 Å². The largest absolute Gasteiger partial charge is 0.481 e. The van der Waals surface area contributed by atoms with E-state index in [2.05, 4.69) is 5.32 Å². The maximum atomic E-state index is 12.5. The normalized spacial score (nSPS) is 24.2. The van der Waals surface area contributed by atoms with Gasteiger partial charge in [-0.05, 0) is 38.0 Å². The molecule has 0 aromatic heterocycles. The van der Waals surface area contributed by atoms with Gasteiger partial charge in [0.2, 0.25) is 0 Å². The lowest BCUT2D eigenvalue weighted by atomic mass is 9.96. The molecule has 1 saturated heterocycles. The molecule has 2 N–H and O–H groups in total. The summed E-state index contributed by atoms with van der Waals surface area (Å²) in [6.45, 7) is 2.83. The van der Waals surface area contributed by atoms with Crippen molar-refractivity contribution in [2.75, 3.05) is 6.54 Å². The molecule has 2 aliphatic rings. The summed E-state index contributed by atoms with van der Waals surface area (Å²) in [5.41, 5.74) is 0. The Kier molecular flexibility index (Phi) is 5.88. The van der Waals surface area contributed by atoms with Crippen molar-refractivity contribution in [1.29, 1.82) is 0 Å². The summed E-state index contributed by atoms with van der Waals surface area (Å²) >= 11 is 0. The van der Waals surface area contributed by atoms with Crippen molar-refractivity contribution in [3.05, 3.63) is 0 Å². The highest BCUT2D eigenvalue weighted by Crippen LogP contribution is 2.35. The number of nitrogens with zero attached hydrogens (tertiary/aromatic N) is 1. The van der Waals surface area contributed by atoms with Crippen LogP contribution in [-0.4, -0.2) is 40.6 Å². The minimum Gasteiger partial charge on any atom is -0.481 e. The van der Waals surface area contributed by atoms with Gasteiger partial charge < -0.3 is 15.3 Å². The van der Waals surface area contributed by atoms with E-state index in [9.17, 15) is 9.59 Å². The summed E-state index contributed by atoms with van der Waals surface area (Å²) < 4.78 is 0. The fourth-order valence-electron chi connectivity index (χ4n) is 3.92. The summed E-state index contributed by atoms with van der Waals surface area (Å²) in [7, 11) is 0. The predicted octanol–water partition coefficient (Wildman–Crippen LogP) is 2.99. The van der Waals surface area contributed by atoms with E-state index in [-0.39, 0.29) is 18.5 Å². The van der Waals surface area contributed by atoms with Gasteiger partial charge in [0.05, 0.1) is 6.42 Å². The van der Waals surface area contributed by atoms with Gasteiger partial charge in [-0.1, -0.05) is 26.2 Å². The topological polar surface area (TPSA) is 69.6 Å². The van der Waals surface area contributed by atoms with Gasteiger partial charge in [0.25, 0.3) is 0 Å². The Balaban J connectivity index is 1.92. The summed E-state index contributed by atoms with van der Waals surface area (Å²) in [4.78, 5) is 25.4. The third-order valence-electron chi connectivity index (χ3n) is 4.89. The number of carbonyl (C=O) groups excluding carboxylic acids is 1. The van der Waals surface area contributed by atoms with Gasteiger partial charge in [0, 0.05) is 18.6 Å². The molecule has 0 spiro atoms. The molecular formula is C16H28N2O3. The maximum Gasteiger partial charge on any atom is 0.317 e. The minimum absolute atomic E-state index is 0.0154. The van der Waals surface area contributed by atoms with E-state index < -0.39 is 5.97 Å². The van der Waals surface area contributed by atoms with Gasteiger partial charge in [-0.2, -0.15) is 0 Å². The fraction of sp³-hybridized carbons (Fsp3) is 0.875. The van der Waals surface area contributed by atoms with Crippen molar-refractivity contribution in [3.8, 4) is 0 Å². The van der Waals surface area contributed by atoms with Crippen molar-refractivity contribution >= 4 is 12.0 Å². The number of rotatable bonds is 6. The molecule has 2 amide bonds. The molecule has 5 heteroatoms. The zero-order valence-corrected chi connectivity index (χ0v) is 13.0. The van der Waals surface area contributed by atoms with Crippen molar-refractivity contribution in [1.82, 2.24) is 10.2 Å². The third-order valence-corrected chi connectivity index (χ3v) is 4.89. The zero-order chi connectivity index (χ0) is 15.2. The van der Waals surface area contributed by atoms with E-state index in [0.29, 0.717) is 12.0 Å². The van der Waals surface area contributed by atoms with E-state index in [1.165, 1.54) is 25.7 Å². The Morgan fingerprint density at radius 3 is 2.57 bits per heavy atom. The van der Waals surface area contributed by atoms with Gasteiger partial charge >= 0.3 is 12.0 Å². The van der Waals surface area contributed by atoms with Crippen LogP contribution in [0.4, 0.5) is 4.79 Å². The van der Waals surface area contributed by atoms with Gasteiger partial charge in [-0.25, -0.2) is 4.79 Å². The molecule has 1 saturated carbocycles.